The number of hydrogen-bond acceptors (Lipinski definition) is 4. The highest BCUT2D eigenvalue weighted by atomic mass is 16.6. The lowest BCUT2D eigenvalue weighted by Crippen LogP contribution is -2.64. The molecule has 1 saturated heterocycles. The molecule has 2 aromatic rings. The van der Waals surface area contributed by atoms with Crippen molar-refractivity contribution in [2.45, 2.75) is 39.2 Å². The molecule has 26 heavy (non-hydrogen) atoms. The third-order valence-corrected chi connectivity index (χ3v) is 5.12. The number of hydrogen-bond donors (Lipinski definition) is 0. The number of carbonyl (C=O) groups excluding carboxylic acids is 1. The van der Waals surface area contributed by atoms with E-state index in [9.17, 15) is 4.79 Å². The average Bonchev–Trinajstić information content (AvgIpc) is 2.50. The Balaban J connectivity index is 1.29. The summed E-state index contributed by atoms with van der Waals surface area (Å²) < 4.78 is 5.43. The van der Waals surface area contributed by atoms with Crippen LogP contribution in [0.4, 0.5) is 4.79 Å². The van der Waals surface area contributed by atoms with E-state index in [0.717, 1.165) is 42.7 Å². The molecule has 2 fully saturated rings. The van der Waals surface area contributed by atoms with Crippen molar-refractivity contribution >= 4 is 23.2 Å². The van der Waals surface area contributed by atoms with Crippen LogP contribution in [0.5, 0.6) is 0 Å². The maximum atomic E-state index is 12.0. The van der Waals surface area contributed by atoms with Crippen molar-refractivity contribution in [2.24, 2.45) is 11.3 Å². The van der Waals surface area contributed by atoms with Crippen LogP contribution in [-0.4, -0.2) is 39.7 Å². The van der Waals surface area contributed by atoms with Crippen LogP contribution < -0.4 is 0 Å². The second-order valence-electron chi connectivity index (χ2n) is 8.65. The number of rotatable bonds is 2. The number of fused-ring (bicyclic) bond motifs is 1. The number of ether oxygens (including phenoxy) is 1. The van der Waals surface area contributed by atoms with Gasteiger partial charge in [-0.1, -0.05) is 6.08 Å². The number of carbonyl (C=O) groups is 1. The zero-order valence-corrected chi connectivity index (χ0v) is 15.6. The maximum Gasteiger partial charge on any atom is 0.410 e. The summed E-state index contributed by atoms with van der Waals surface area (Å²) in [5, 5.41) is 1.06. The van der Waals surface area contributed by atoms with Crippen LogP contribution in [0.25, 0.3) is 17.1 Å². The van der Waals surface area contributed by atoms with Gasteiger partial charge < -0.3 is 9.64 Å². The van der Waals surface area contributed by atoms with E-state index in [2.05, 4.69) is 28.2 Å². The number of aromatic nitrogens is 2. The van der Waals surface area contributed by atoms with Gasteiger partial charge in [0, 0.05) is 30.1 Å². The molecule has 0 unspecified atom stereocenters. The highest BCUT2D eigenvalue weighted by molar-refractivity contribution is 5.75. The van der Waals surface area contributed by atoms with Gasteiger partial charge in [0.1, 0.15) is 5.60 Å². The maximum absolute atomic E-state index is 12.0. The van der Waals surface area contributed by atoms with Crippen LogP contribution in [-0.2, 0) is 4.74 Å². The molecule has 0 radical (unpaired) electrons. The van der Waals surface area contributed by atoms with Gasteiger partial charge in [-0.2, -0.15) is 0 Å². The van der Waals surface area contributed by atoms with Crippen LogP contribution in [0.2, 0.25) is 0 Å². The number of amides is 1. The van der Waals surface area contributed by atoms with Gasteiger partial charge in [-0.25, -0.2) is 14.8 Å². The quantitative estimate of drug-likeness (QED) is 0.810. The molecule has 0 bridgehead atoms. The molecule has 2 aromatic heterocycles. The van der Waals surface area contributed by atoms with Gasteiger partial charge in [0.2, 0.25) is 0 Å². The van der Waals surface area contributed by atoms with Gasteiger partial charge >= 0.3 is 6.09 Å². The third-order valence-electron chi connectivity index (χ3n) is 5.12. The van der Waals surface area contributed by atoms with E-state index in [0.29, 0.717) is 11.3 Å². The van der Waals surface area contributed by atoms with Crippen LogP contribution >= 0.6 is 0 Å². The van der Waals surface area contributed by atoms with Crippen molar-refractivity contribution < 1.29 is 9.53 Å². The molecule has 0 atom stereocenters. The molecule has 1 spiro atoms. The normalized spacial score (nSPS) is 19.6. The van der Waals surface area contributed by atoms with Gasteiger partial charge in [0.15, 0.2) is 5.65 Å². The molecule has 1 amide bonds. The summed E-state index contributed by atoms with van der Waals surface area (Å²) >= 11 is 0. The van der Waals surface area contributed by atoms with Gasteiger partial charge in [-0.15, -0.1) is 0 Å². The highest BCUT2D eigenvalue weighted by Gasteiger charge is 2.53. The van der Waals surface area contributed by atoms with E-state index in [1.165, 1.54) is 0 Å². The molecule has 136 valence electrons. The van der Waals surface area contributed by atoms with Crippen molar-refractivity contribution in [1.82, 2.24) is 14.9 Å². The zero-order valence-electron chi connectivity index (χ0n) is 15.6. The lowest BCUT2D eigenvalue weighted by Gasteiger charge is -2.58. The Bertz CT molecular complexity index is 855. The number of likely N-dealkylation sites (tertiary alicyclic amines) is 1. The summed E-state index contributed by atoms with van der Waals surface area (Å²) in [6, 6.07) is 8.03. The number of pyridine rings is 2. The van der Waals surface area contributed by atoms with Gasteiger partial charge in [0.05, 0.1) is 5.69 Å². The first-order valence-electron chi connectivity index (χ1n) is 9.20. The summed E-state index contributed by atoms with van der Waals surface area (Å²) in [5.41, 5.74) is 1.62. The molecule has 5 nitrogen and oxygen atoms in total. The Labute approximate surface area is 154 Å². The first-order chi connectivity index (χ1) is 12.3. The summed E-state index contributed by atoms with van der Waals surface area (Å²) in [7, 11) is 0. The summed E-state index contributed by atoms with van der Waals surface area (Å²) in [5.74, 6) is 0.567. The lowest BCUT2D eigenvalue weighted by atomic mass is 9.58. The fraction of sp³-hybridized carbons (Fsp3) is 0.476. The van der Waals surface area contributed by atoms with E-state index >= 15 is 0 Å². The monoisotopic (exact) mass is 351 g/mol. The SMILES string of the molecule is CC(C)(C)OC(=O)N1CC2(CC(/C=C/c3ccc4cccnc4n3)C2)C1. The van der Waals surface area contributed by atoms with Crippen molar-refractivity contribution in [2.75, 3.05) is 13.1 Å². The number of allylic oxidation sites excluding steroid dienone is 1. The average molecular weight is 351 g/mol. The van der Waals surface area contributed by atoms with Crippen molar-refractivity contribution in [3.63, 3.8) is 0 Å². The molecular formula is C21H25N3O2. The standard InChI is InChI=1S/C21H25N3O2/c1-20(2,3)26-19(25)24-13-21(14-24)11-15(12-21)6-8-17-9-7-16-5-4-10-22-18(16)23-17/h4-10,15H,11-14H2,1-3H3/b8-6+. The largest absolute Gasteiger partial charge is 0.444 e. The zero-order chi connectivity index (χ0) is 18.4. The minimum Gasteiger partial charge on any atom is -0.444 e. The van der Waals surface area contributed by atoms with Crippen molar-refractivity contribution in [1.29, 1.82) is 0 Å². The molecule has 5 heteroatoms. The first-order valence-corrected chi connectivity index (χ1v) is 9.20. The fourth-order valence-corrected chi connectivity index (χ4v) is 3.96. The number of nitrogens with zero attached hydrogens (tertiary/aromatic N) is 3. The minimum atomic E-state index is -0.424. The molecular weight excluding hydrogens is 326 g/mol. The predicted octanol–water partition coefficient (Wildman–Crippen LogP) is 4.29. The van der Waals surface area contributed by atoms with Gasteiger partial charge in [0.25, 0.3) is 0 Å². The van der Waals surface area contributed by atoms with E-state index in [1.54, 1.807) is 6.20 Å². The second-order valence-corrected chi connectivity index (χ2v) is 8.65. The molecule has 1 saturated carbocycles. The predicted molar refractivity (Wildman–Crippen MR) is 102 cm³/mol. The molecule has 0 N–H and O–H groups in total. The smallest absolute Gasteiger partial charge is 0.410 e. The van der Waals surface area contributed by atoms with E-state index in [4.69, 9.17) is 4.74 Å². The molecule has 1 aliphatic heterocycles. The van der Waals surface area contributed by atoms with E-state index in [-0.39, 0.29) is 6.09 Å². The van der Waals surface area contributed by atoms with Gasteiger partial charge in [-0.3, -0.25) is 0 Å². The fourth-order valence-electron chi connectivity index (χ4n) is 3.96. The van der Waals surface area contributed by atoms with Crippen LogP contribution in [0.1, 0.15) is 39.3 Å². The van der Waals surface area contributed by atoms with Crippen molar-refractivity contribution in [3.05, 3.63) is 42.2 Å². The van der Waals surface area contributed by atoms with Crippen LogP contribution in [0.15, 0.2) is 36.5 Å². The molecule has 0 aromatic carbocycles. The van der Waals surface area contributed by atoms with E-state index in [1.807, 2.05) is 43.9 Å². The first kappa shape index (κ1) is 17.0. The Morgan fingerprint density at radius 3 is 2.77 bits per heavy atom. The lowest BCUT2D eigenvalue weighted by molar-refractivity contribution is -0.0849. The Hall–Kier alpha value is -2.43. The van der Waals surface area contributed by atoms with E-state index < -0.39 is 5.60 Å². The summed E-state index contributed by atoms with van der Waals surface area (Å²) in [6.45, 7) is 7.36. The van der Waals surface area contributed by atoms with Gasteiger partial charge in [-0.05, 0) is 69.9 Å². The Morgan fingerprint density at radius 1 is 1.27 bits per heavy atom. The molecule has 4 rings (SSSR count). The van der Waals surface area contributed by atoms with Crippen molar-refractivity contribution in [3.8, 4) is 0 Å². The second kappa shape index (κ2) is 6.08. The van der Waals surface area contributed by atoms with Crippen LogP contribution in [0.3, 0.4) is 0 Å². The van der Waals surface area contributed by atoms with Crippen LogP contribution in [0, 0.1) is 11.3 Å². The molecule has 2 aliphatic rings. The summed E-state index contributed by atoms with van der Waals surface area (Å²) in [4.78, 5) is 22.7. The third kappa shape index (κ3) is 3.43. The molecule has 3 heterocycles. The minimum absolute atomic E-state index is 0.185. The Morgan fingerprint density at radius 2 is 2.04 bits per heavy atom. The Kier molecular flexibility index (Phi) is 3.98. The molecule has 1 aliphatic carbocycles. The topological polar surface area (TPSA) is 55.3 Å². The highest BCUT2D eigenvalue weighted by Crippen LogP contribution is 2.52. The summed E-state index contributed by atoms with van der Waals surface area (Å²) in [6.07, 6.45) is 8.19.